The summed E-state index contributed by atoms with van der Waals surface area (Å²) in [5, 5.41) is 11.6. The standard InChI is InChI=1S/C12H22N2O4/c1-7(2)10(11(15)16)13-12(17)14-5-8(3)18-9(4)6-14/h7-10H,5-6H2,1-4H3,(H,13,17)(H,15,16). The Balaban J connectivity index is 2.61. The van der Waals surface area contributed by atoms with Crippen LogP contribution in [0.15, 0.2) is 0 Å². The number of carboxylic acids is 1. The monoisotopic (exact) mass is 258 g/mol. The molecule has 104 valence electrons. The molecule has 0 aromatic heterocycles. The average Bonchev–Trinajstić information content (AvgIpc) is 2.23. The SMILES string of the molecule is CC1CN(C(=O)NC(C(=O)O)C(C)C)CC(C)O1. The van der Waals surface area contributed by atoms with Crippen LogP contribution >= 0.6 is 0 Å². The van der Waals surface area contributed by atoms with Gasteiger partial charge in [0.15, 0.2) is 0 Å². The van der Waals surface area contributed by atoms with Gasteiger partial charge in [-0.15, -0.1) is 0 Å². The van der Waals surface area contributed by atoms with E-state index in [4.69, 9.17) is 9.84 Å². The normalized spacial score (nSPS) is 25.9. The number of nitrogens with one attached hydrogen (secondary N) is 1. The summed E-state index contributed by atoms with van der Waals surface area (Å²) in [6.07, 6.45) is -0.0522. The molecule has 2 amide bonds. The summed E-state index contributed by atoms with van der Waals surface area (Å²) in [6, 6.07) is -1.19. The highest BCUT2D eigenvalue weighted by molar-refractivity contribution is 5.82. The molecule has 0 aliphatic carbocycles. The van der Waals surface area contributed by atoms with Gasteiger partial charge >= 0.3 is 12.0 Å². The molecule has 18 heavy (non-hydrogen) atoms. The first-order valence-electron chi connectivity index (χ1n) is 6.25. The van der Waals surface area contributed by atoms with Crippen molar-refractivity contribution >= 4 is 12.0 Å². The van der Waals surface area contributed by atoms with E-state index in [1.165, 1.54) is 0 Å². The summed E-state index contributed by atoms with van der Waals surface area (Å²) in [6.45, 7) is 8.30. The molecule has 3 atom stereocenters. The zero-order valence-electron chi connectivity index (χ0n) is 11.3. The third-order valence-corrected chi connectivity index (χ3v) is 2.92. The van der Waals surface area contributed by atoms with Crippen LogP contribution in [0.25, 0.3) is 0 Å². The molecule has 6 nitrogen and oxygen atoms in total. The van der Waals surface area contributed by atoms with Crippen molar-refractivity contribution in [2.75, 3.05) is 13.1 Å². The number of carbonyl (C=O) groups is 2. The van der Waals surface area contributed by atoms with Crippen LogP contribution < -0.4 is 5.32 Å². The lowest BCUT2D eigenvalue weighted by molar-refractivity contribution is -0.140. The van der Waals surface area contributed by atoms with Crippen LogP contribution in [0.4, 0.5) is 4.79 Å². The Bertz CT molecular complexity index is 309. The Morgan fingerprint density at radius 1 is 1.28 bits per heavy atom. The summed E-state index contributed by atoms with van der Waals surface area (Å²) >= 11 is 0. The third kappa shape index (κ3) is 3.87. The average molecular weight is 258 g/mol. The first-order chi connectivity index (χ1) is 8.31. The second-order valence-corrected chi connectivity index (χ2v) is 5.17. The van der Waals surface area contributed by atoms with Crippen molar-refractivity contribution in [3.63, 3.8) is 0 Å². The zero-order chi connectivity index (χ0) is 13.9. The second kappa shape index (κ2) is 6.04. The molecule has 0 spiro atoms. The number of carbonyl (C=O) groups excluding carboxylic acids is 1. The molecule has 3 unspecified atom stereocenters. The molecule has 0 radical (unpaired) electrons. The summed E-state index contributed by atoms with van der Waals surface area (Å²) < 4.78 is 5.53. The molecule has 2 N–H and O–H groups in total. The van der Waals surface area contributed by atoms with Gasteiger partial charge in [-0.25, -0.2) is 9.59 Å². The molecule has 0 aromatic rings. The van der Waals surface area contributed by atoms with Crippen LogP contribution in [-0.4, -0.2) is 53.3 Å². The lowest BCUT2D eigenvalue weighted by Gasteiger charge is -2.36. The summed E-state index contributed by atoms with van der Waals surface area (Å²) in [5.41, 5.74) is 0. The maximum Gasteiger partial charge on any atom is 0.326 e. The number of hydrogen-bond acceptors (Lipinski definition) is 3. The van der Waals surface area contributed by atoms with Gasteiger partial charge in [0.25, 0.3) is 0 Å². The van der Waals surface area contributed by atoms with Crippen molar-refractivity contribution in [1.29, 1.82) is 0 Å². The fraction of sp³-hybridized carbons (Fsp3) is 0.833. The van der Waals surface area contributed by atoms with Crippen LogP contribution in [0, 0.1) is 5.92 Å². The predicted molar refractivity (Wildman–Crippen MR) is 66.4 cm³/mol. The van der Waals surface area contributed by atoms with Gasteiger partial charge in [0, 0.05) is 13.1 Å². The molecule has 0 bridgehead atoms. The van der Waals surface area contributed by atoms with Crippen LogP contribution in [0.1, 0.15) is 27.7 Å². The van der Waals surface area contributed by atoms with Crippen molar-refractivity contribution in [2.45, 2.75) is 45.9 Å². The van der Waals surface area contributed by atoms with E-state index in [-0.39, 0.29) is 24.2 Å². The maximum atomic E-state index is 12.0. The molecular weight excluding hydrogens is 236 g/mol. The van der Waals surface area contributed by atoms with Gasteiger partial charge < -0.3 is 20.1 Å². The quantitative estimate of drug-likeness (QED) is 0.788. The molecule has 1 rings (SSSR count). The van der Waals surface area contributed by atoms with Crippen LogP contribution in [0.2, 0.25) is 0 Å². The van der Waals surface area contributed by atoms with E-state index in [1.807, 2.05) is 13.8 Å². The van der Waals surface area contributed by atoms with Crippen molar-refractivity contribution < 1.29 is 19.4 Å². The summed E-state index contributed by atoms with van der Waals surface area (Å²) in [7, 11) is 0. The number of ether oxygens (including phenoxy) is 1. The van der Waals surface area contributed by atoms with Gasteiger partial charge in [0.2, 0.25) is 0 Å². The van der Waals surface area contributed by atoms with Gasteiger partial charge in [0.1, 0.15) is 6.04 Å². The lowest BCUT2D eigenvalue weighted by Crippen LogP contribution is -2.55. The van der Waals surface area contributed by atoms with Crippen molar-refractivity contribution in [2.24, 2.45) is 5.92 Å². The first kappa shape index (κ1) is 14.8. The van der Waals surface area contributed by atoms with Gasteiger partial charge in [0.05, 0.1) is 12.2 Å². The van der Waals surface area contributed by atoms with Crippen LogP contribution in [-0.2, 0) is 9.53 Å². The third-order valence-electron chi connectivity index (χ3n) is 2.92. The molecule has 1 aliphatic heterocycles. The topological polar surface area (TPSA) is 78.9 Å². The van der Waals surface area contributed by atoms with Crippen LogP contribution in [0.5, 0.6) is 0 Å². The number of nitrogens with zero attached hydrogens (tertiary/aromatic N) is 1. The molecule has 0 saturated carbocycles. The molecular formula is C12H22N2O4. The Labute approximate surface area is 107 Å². The number of aliphatic carboxylic acids is 1. The zero-order valence-corrected chi connectivity index (χ0v) is 11.3. The minimum Gasteiger partial charge on any atom is -0.480 e. The number of hydrogen-bond donors (Lipinski definition) is 2. The molecule has 1 fully saturated rings. The number of rotatable bonds is 3. The number of amides is 2. The molecule has 0 aromatic carbocycles. The van der Waals surface area contributed by atoms with Gasteiger partial charge in [-0.05, 0) is 19.8 Å². The minimum absolute atomic E-state index is 0.0261. The largest absolute Gasteiger partial charge is 0.480 e. The van der Waals surface area contributed by atoms with E-state index in [9.17, 15) is 9.59 Å². The van der Waals surface area contributed by atoms with E-state index in [0.29, 0.717) is 13.1 Å². The first-order valence-corrected chi connectivity index (χ1v) is 6.25. The minimum atomic E-state index is -1.01. The van der Waals surface area contributed by atoms with Gasteiger partial charge in [-0.2, -0.15) is 0 Å². The number of morpholine rings is 1. The molecule has 6 heteroatoms. The molecule has 1 saturated heterocycles. The maximum absolute atomic E-state index is 12.0. The van der Waals surface area contributed by atoms with E-state index < -0.39 is 12.0 Å². The molecule has 1 heterocycles. The van der Waals surface area contributed by atoms with Crippen molar-refractivity contribution in [3.05, 3.63) is 0 Å². The van der Waals surface area contributed by atoms with Crippen molar-refractivity contribution in [1.82, 2.24) is 10.2 Å². The Morgan fingerprint density at radius 3 is 2.17 bits per heavy atom. The van der Waals surface area contributed by atoms with E-state index in [1.54, 1.807) is 18.7 Å². The van der Waals surface area contributed by atoms with Crippen LogP contribution in [0.3, 0.4) is 0 Å². The predicted octanol–water partition coefficient (Wildman–Crippen LogP) is 0.914. The Morgan fingerprint density at radius 2 is 1.78 bits per heavy atom. The van der Waals surface area contributed by atoms with Gasteiger partial charge in [-0.1, -0.05) is 13.8 Å². The Kier molecular flexibility index (Phi) is 4.95. The highest BCUT2D eigenvalue weighted by Crippen LogP contribution is 2.11. The fourth-order valence-electron chi connectivity index (χ4n) is 2.08. The van der Waals surface area contributed by atoms with Crippen molar-refractivity contribution in [3.8, 4) is 0 Å². The summed E-state index contributed by atoms with van der Waals surface area (Å²) in [4.78, 5) is 24.6. The molecule has 1 aliphatic rings. The van der Waals surface area contributed by atoms with E-state index in [0.717, 1.165) is 0 Å². The van der Waals surface area contributed by atoms with E-state index in [2.05, 4.69) is 5.32 Å². The highest BCUT2D eigenvalue weighted by Gasteiger charge is 2.30. The Hall–Kier alpha value is -1.30. The van der Waals surface area contributed by atoms with E-state index >= 15 is 0 Å². The fourth-order valence-corrected chi connectivity index (χ4v) is 2.08. The highest BCUT2D eigenvalue weighted by atomic mass is 16.5. The number of carboxylic acid groups (broad SMARTS) is 1. The van der Waals surface area contributed by atoms with Gasteiger partial charge in [-0.3, -0.25) is 0 Å². The second-order valence-electron chi connectivity index (χ2n) is 5.17. The smallest absolute Gasteiger partial charge is 0.326 e. The number of urea groups is 1. The lowest BCUT2D eigenvalue weighted by atomic mass is 10.1. The summed E-state index contributed by atoms with van der Waals surface area (Å²) in [5.74, 6) is -1.16.